The second-order valence-corrected chi connectivity index (χ2v) is 4.28. The quantitative estimate of drug-likeness (QED) is 0.803. The number of thiophene rings is 1. The van der Waals surface area contributed by atoms with Crippen molar-refractivity contribution in [2.45, 2.75) is 0 Å². The van der Waals surface area contributed by atoms with E-state index >= 15 is 0 Å². The van der Waals surface area contributed by atoms with E-state index in [2.05, 4.69) is 44.8 Å². The number of fused-ring (bicyclic) bond motifs is 1. The van der Waals surface area contributed by atoms with Crippen LogP contribution in [-0.2, 0) is 0 Å². The maximum absolute atomic E-state index is 3.53. The molecule has 0 aliphatic rings. The van der Waals surface area contributed by atoms with Gasteiger partial charge in [0.25, 0.3) is 0 Å². The molecule has 0 atom stereocenters. The third-order valence-corrected chi connectivity index (χ3v) is 3.70. The molecule has 0 aliphatic heterocycles. The Bertz CT molecular complexity index is 408. The Balaban J connectivity index is 2.84. The van der Waals surface area contributed by atoms with Gasteiger partial charge in [0.15, 0.2) is 0 Å². The summed E-state index contributed by atoms with van der Waals surface area (Å²) in [7, 11) is 1.94. The van der Waals surface area contributed by atoms with Crippen molar-refractivity contribution in [2.75, 3.05) is 12.4 Å². The lowest BCUT2D eigenvalue weighted by molar-refractivity contribution is 1.55. The van der Waals surface area contributed by atoms with Gasteiger partial charge in [-0.3, -0.25) is 0 Å². The zero-order valence-corrected chi connectivity index (χ0v) is 9.00. The maximum atomic E-state index is 3.53. The molecular formula is C9H8BrNS. The molecule has 1 aromatic carbocycles. The van der Waals surface area contributed by atoms with Crippen molar-refractivity contribution < 1.29 is 0 Å². The molecule has 2 aromatic rings. The first-order chi connectivity index (χ1) is 5.83. The zero-order valence-electron chi connectivity index (χ0n) is 6.60. The van der Waals surface area contributed by atoms with Crippen LogP contribution in [0, 0.1) is 0 Å². The van der Waals surface area contributed by atoms with Gasteiger partial charge in [-0.25, -0.2) is 0 Å². The first-order valence-corrected chi connectivity index (χ1v) is 5.33. The predicted octanol–water partition coefficient (Wildman–Crippen LogP) is 3.71. The van der Waals surface area contributed by atoms with Gasteiger partial charge in [0, 0.05) is 32.7 Å². The molecule has 3 heteroatoms. The van der Waals surface area contributed by atoms with Crippen molar-refractivity contribution in [2.24, 2.45) is 0 Å². The topological polar surface area (TPSA) is 12.0 Å². The molecule has 0 saturated carbocycles. The summed E-state index contributed by atoms with van der Waals surface area (Å²) in [5, 5.41) is 6.57. The average molecular weight is 242 g/mol. The Hall–Kier alpha value is -0.540. The monoisotopic (exact) mass is 241 g/mol. The minimum absolute atomic E-state index is 1.17. The largest absolute Gasteiger partial charge is 0.388 e. The highest BCUT2D eigenvalue weighted by atomic mass is 79.9. The van der Waals surface area contributed by atoms with Crippen LogP contribution in [0.1, 0.15) is 0 Å². The van der Waals surface area contributed by atoms with Crippen LogP contribution in [-0.4, -0.2) is 7.05 Å². The first kappa shape index (κ1) is 8.08. The lowest BCUT2D eigenvalue weighted by Crippen LogP contribution is -1.87. The normalized spacial score (nSPS) is 10.5. The van der Waals surface area contributed by atoms with E-state index in [9.17, 15) is 0 Å². The van der Waals surface area contributed by atoms with Crippen molar-refractivity contribution in [3.63, 3.8) is 0 Å². The minimum Gasteiger partial charge on any atom is -0.388 e. The summed E-state index contributed by atoms with van der Waals surface area (Å²) in [6.07, 6.45) is 0. The van der Waals surface area contributed by atoms with E-state index in [0.29, 0.717) is 0 Å². The Morgan fingerprint density at radius 1 is 1.42 bits per heavy atom. The molecule has 0 radical (unpaired) electrons. The lowest BCUT2D eigenvalue weighted by Gasteiger charge is -2.01. The molecule has 1 nitrogen and oxygen atoms in total. The molecule has 0 unspecified atom stereocenters. The maximum Gasteiger partial charge on any atom is 0.0437 e. The number of rotatable bonds is 1. The summed E-state index contributed by atoms with van der Waals surface area (Å²) in [5.41, 5.74) is 1.18. The molecule has 0 amide bonds. The summed E-state index contributed by atoms with van der Waals surface area (Å²) in [5.74, 6) is 0. The van der Waals surface area contributed by atoms with Gasteiger partial charge in [-0.05, 0) is 28.1 Å². The van der Waals surface area contributed by atoms with Crippen molar-refractivity contribution in [3.8, 4) is 0 Å². The Morgan fingerprint density at radius 3 is 3.00 bits per heavy atom. The molecule has 12 heavy (non-hydrogen) atoms. The van der Waals surface area contributed by atoms with Gasteiger partial charge in [0.2, 0.25) is 0 Å². The van der Waals surface area contributed by atoms with Gasteiger partial charge < -0.3 is 5.32 Å². The van der Waals surface area contributed by atoms with Crippen LogP contribution in [0.3, 0.4) is 0 Å². The van der Waals surface area contributed by atoms with E-state index < -0.39 is 0 Å². The fourth-order valence-corrected chi connectivity index (χ4v) is 2.94. The molecule has 62 valence electrons. The minimum atomic E-state index is 1.17. The molecule has 0 bridgehead atoms. The molecule has 1 aromatic heterocycles. The average Bonchev–Trinajstić information content (AvgIpc) is 2.48. The summed E-state index contributed by atoms with van der Waals surface area (Å²) < 4.78 is 2.49. The van der Waals surface area contributed by atoms with E-state index in [0.717, 1.165) is 0 Å². The molecule has 2 rings (SSSR count). The van der Waals surface area contributed by atoms with Crippen LogP contribution >= 0.6 is 27.3 Å². The van der Waals surface area contributed by atoms with E-state index in [4.69, 9.17) is 0 Å². The smallest absolute Gasteiger partial charge is 0.0437 e. The van der Waals surface area contributed by atoms with Gasteiger partial charge >= 0.3 is 0 Å². The number of anilines is 1. The van der Waals surface area contributed by atoms with Crippen LogP contribution in [0.2, 0.25) is 0 Å². The number of halogens is 1. The Kier molecular flexibility index (Phi) is 2.07. The third-order valence-electron chi connectivity index (χ3n) is 1.82. The molecule has 0 aliphatic carbocycles. The van der Waals surface area contributed by atoms with Crippen molar-refractivity contribution in [1.82, 2.24) is 0 Å². The third kappa shape index (κ3) is 1.13. The fraction of sp³-hybridized carbons (Fsp3) is 0.111. The SMILES string of the molecule is CNc1cccc2scc(Br)c12. The molecule has 0 saturated heterocycles. The summed E-state index contributed by atoms with van der Waals surface area (Å²) in [4.78, 5) is 0. The van der Waals surface area contributed by atoms with E-state index in [1.54, 1.807) is 11.3 Å². The highest BCUT2D eigenvalue weighted by molar-refractivity contribution is 9.10. The summed E-state index contributed by atoms with van der Waals surface area (Å²) in [6, 6.07) is 6.28. The molecule has 0 spiro atoms. The highest BCUT2D eigenvalue weighted by Gasteiger charge is 2.04. The van der Waals surface area contributed by atoms with Crippen LogP contribution < -0.4 is 5.32 Å². The molecular weight excluding hydrogens is 234 g/mol. The van der Waals surface area contributed by atoms with E-state index in [1.165, 1.54) is 20.2 Å². The van der Waals surface area contributed by atoms with Crippen LogP contribution in [0.15, 0.2) is 28.1 Å². The number of hydrogen-bond donors (Lipinski definition) is 1. The number of hydrogen-bond acceptors (Lipinski definition) is 2. The number of nitrogens with one attached hydrogen (secondary N) is 1. The Morgan fingerprint density at radius 2 is 2.25 bits per heavy atom. The van der Waals surface area contributed by atoms with E-state index in [-0.39, 0.29) is 0 Å². The summed E-state index contributed by atoms with van der Waals surface area (Å²) >= 11 is 5.29. The standard InChI is InChI=1S/C9H8BrNS/c1-11-7-3-2-4-8-9(7)6(10)5-12-8/h2-5,11H,1H3. The first-order valence-electron chi connectivity index (χ1n) is 3.66. The van der Waals surface area contributed by atoms with Crippen LogP contribution in [0.25, 0.3) is 10.1 Å². The van der Waals surface area contributed by atoms with Gasteiger partial charge in [0.05, 0.1) is 0 Å². The van der Waals surface area contributed by atoms with Gasteiger partial charge in [-0.1, -0.05) is 6.07 Å². The second-order valence-electron chi connectivity index (χ2n) is 2.51. The molecule has 1 heterocycles. The van der Waals surface area contributed by atoms with Gasteiger partial charge in [0.1, 0.15) is 0 Å². The molecule has 0 fully saturated rings. The predicted molar refractivity (Wildman–Crippen MR) is 59.1 cm³/mol. The second kappa shape index (κ2) is 3.07. The highest BCUT2D eigenvalue weighted by Crippen LogP contribution is 2.35. The van der Waals surface area contributed by atoms with Crippen LogP contribution in [0.4, 0.5) is 5.69 Å². The zero-order chi connectivity index (χ0) is 8.55. The van der Waals surface area contributed by atoms with Gasteiger partial charge in [-0.15, -0.1) is 11.3 Å². The molecule has 1 N–H and O–H groups in total. The number of benzene rings is 1. The van der Waals surface area contributed by atoms with Crippen molar-refractivity contribution >= 4 is 43.0 Å². The van der Waals surface area contributed by atoms with Gasteiger partial charge in [-0.2, -0.15) is 0 Å². The fourth-order valence-electron chi connectivity index (χ4n) is 1.26. The summed E-state index contributed by atoms with van der Waals surface area (Å²) in [6.45, 7) is 0. The lowest BCUT2D eigenvalue weighted by atomic mass is 10.2. The van der Waals surface area contributed by atoms with E-state index in [1.807, 2.05) is 7.05 Å². The Labute approximate surface area is 83.5 Å². The van der Waals surface area contributed by atoms with Crippen molar-refractivity contribution in [1.29, 1.82) is 0 Å². The van der Waals surface area contributed by atoms with Crippen molar-refractivity contribution in [3.05, 3.63) is 28.1 Å². The van der Waals surface area contributed by atoms with Crippen LogP contribution in [0.5, 0.6) is 0 Å².